The van der Waals surface area contributed by atoms with Gasteiger partial charge in [-0.25, -0.2) is 4.79 Å². The van der Waals surface area contributed by atoms with Crippen molar-refractivity contribution in [2.24, 2.45) is 0 Å². The molecule has 1 atom stereocenters. The van der Waals surface area contributed by atoms with Gasteiger partial charge >= 0.3 is 12.0 Å². The average molecular weight is 244 g/mol. The molecule has 0 aliphatic heterocycles. The number of carboxylic acid groups (broad SMARTS) is 1. The highest BCUT2D eigenvalue weighted by Crippen LogP contribution is 2.26. The second-order valence-corrected chi connectivity index (χ2v) is 4.16. The summed E-state index contributed by atoms with van der Waals surface area (Å²) in [4.78, 5) is 24.1. The third-order valence-corrected chi connectivity index (χ3v) is 2.81. The van der Waals surface area contributed by atoms with Gasteiger partial charge in [-0.05, 0) is 19.8 Å². The highest BCUT2D eigenvalue weighted by atomic mass is 16.5. The highest BCUT2D eigenvalue weighted by molar-refractivity contribution is 5.75. The molecule has 1 fully saturated rings. The summed E-state index contributed by atoms with van der Waals surface area (Å²) in [7, 11) is 1.44. The van der Waals surface area contributed by atoms with Crippen molar-refractivity contribution in [2.75, 3.05) is 20.2 Å². The Hall–Kier alpha value is -1.30. The summed E-state index contributed by atoms with van der Waals surface area (Å²) < 4.78 is 4.99. The Labute approximate surface area is 101 Å². The minimum absolute atomic E-state index is 0.105. The number of nitrogens with one attached hydrogen (secondary N) is 1. The van der Waals surface area contributed by atoms with Gasteiger partial charge in [-0.3, -0.25) is 4.79 Å². The predicted octanol–water partition coefficient (Wildman–Crippen LogP) is 0.670. The molecule has 6 nitrogen and oxygen atoms in total. The SMILES string of the molecule is CCN(C(=O)NCC(CC(=O)O)OC)C1CC1. The Kier molecular flexibility index (Phi) is 5.21. The van der Waals surface area contributed by atoms with E-state index in [1.54, 1.807) is 4.90 Å². The fourth-order valence-corrected chi connectivity index (χ4v) is 1.69. The van der Waals surface area contributed by atoms with Crippen LogP contribution in [-0.4, -0.2) is 54.4 Å². The summed E-state index contributed by atoms with van der Waals surface area (Å²) in [6.45, 7) is 2.83. The number of hydrogen-bond acceptors (Lipinski definition) is 3. The zero-order valence-electron chi connectivity index (χ0n) is 10.3. The number of carbonyl (C=O) groups is 2. The molecule has 1 aliphatic carbocycles. The van der Waals surface area contributed by atoms with E-state index in [2.05, 4.69) is 5.32 Å². The van der Waals surface area contributed by atoms with Crippen LogP contribution in [0.25, 0.3) is 0 Å². The van der Waals surface area contributed by atoms with Crippen LogP contribution in [0.2, 0.25) is 0 Å². The first-order valence-corrected chi connectivity index (χ1v) is 5.87. The molecule has 1 unspecified atom stereocenters. The lowest BCUT2D eigenvalue weighted by Gasteiger charge is -2.22. The fourth-order valence-electron chi connectivity index (χ4n) is 1.69. The average Bonchev–Trinajstić information content (AvgIpc) is 3.09. The maximum Gasteiger partial charge on any atom is 0.317 e. The summed E-state index contributed by atoms with van der Waals surface area (Å²) in [6, 6.07) is 0.225. The second kappa shape index (κ2) is 6.44. The summed E-state index contributed by atoms with van der Waals surface area (Å²) in [5.41, 5.74) is 0. The number of ether oxygens (including phenoxy) is 1. The van der Waals surface area contributed by atoms with Crippen molar-refractivity contribution < 1.29 is 19.4 Å². The van der Waals surface area contributed by atoms with Crippen molar-refractivity contribution in [2.45, 2.75) is 38.3 Å². The first kappa shape index (κ1) is 13.8. The van der Waals surface area contributed by atoms with E-state index in [0.29, 0.717) is 12.6 Å². The molecule has 0 aromatic rings. The van der Waals surface area contributed by atoms with Gasteiger partial charge in [-0.1, -0.05) is 0 Å². The first-order valence-electron chi connectivity index (χ1n) is 5.87. The molecular weight excluding hydrogens is 224 g/mol. The van der Waals surface area contributed by atoms with Crippen molar-refractivity contribution >= 4 is 12.0 Å². The van der Waals surface area contributed by atoms with E-state index in [-0.39, 0.29) is 19.0 Å². The van der Waals surface area contributed by atoms with Crippen LogP contribution in [0, 0.1) is 0 Å². The molecule has 98 valence electrons. The molecule has 1 aliphatic rings. The van der Waals surface area contributed by atoms with Crippen molar-refractivity contribution in [3.05, 3.63) is 0 Å². The van der Waals surface area contributed by atoms with Gasteiger partial charge in [-0.15, -0.1) is 0 Å². The molecule has 1 saturated carbocycles. The largest absolute Gasteiger partial charge is 0.481 e. The van der Waals surface area contributed by atoms with Crippen LogP contribution in [0.1, 0.15) is 26.2 Å². The molecule has 2 N–H and O–H groups in total. The van der Waals surface area contributed by atoms with E-state index in [1.807, 2.05) is 6.92 Å². The van der Waals surface area contributed by atoms with Gasteiger partial charge in [0.05, 0.1) is 12.5 Å². The monoisotopic (exact) mass is 244 g/mol. The van der Waals surface area contributed by atoms with E-state index in [1.165, 1.54) is 7.11 Å². The normalized spacial score (nSPS) is 16.4. The molecule has 0 spiro atoms. The summed E-state index contributed by atoms with van der Waals surface area (Å²) in [5.74, 6) is -0.930. The maximum atomic E-state index is 11.8. The zero-order chi connectivity index (χ0) is 12.8. The van der Waals surface area contributed by atoms with Crippen molar-refractivity contribution in [3.63, 3.8) is 0 Å². The first-order chi connectivity index (χ1) is 8.08. The van der Waals surface area contributed by atoms with Crippen molar-refractivity contribution in [1.29, 1.82) is 0 Å². The molecule has 0 radical (unpaired) electrons. The van der Waals surface area contributed by atoms with Gasteiger partial charge in [-0.2, -0.15) is 0 Å². The molecule has 0 aromatic heterocycles. The number of urea groups is 1. The lowest BCUT2D eigenvalue weighted by molar-refractivity contribution is -0.139. The number of carboxylic acids is 1. The Balaban J connectivity index is 2.31. The topological polar surface area (TPSA) is 78.9 Å². The third kappa shape index (κ3) is 4.60. The molecule has 0 aromatic carbocycles. The van der Waals surface area contributed by atoms with Gasteiger partial charge < -0.3 is 20.1 Å². The third-order valence-electron chi connectivity index (χ3n) is 2.81. The van der Waals surface area contributed by atoms with Crippen molar-refractivity contribution in [3.8, 4) is 0 Å². The Bertz CT molecular complexity index is 279. The van der Waals surface area contributed by atoms with Gasteiger partial charge in [0.25, 0.3) is 0 Å². The number of nitrogens with zero attached hydrogens (tertiary/aromatic N) is 1. The Morgan fingerprint density at radius 3 is 2.59 bits per heavy atom. The van der Waals surface area contributed by atoms with Crippen LogP contribution in [0.5, 0.6) is 0 Å². The van der Waals surface area contributed by atoms with Crippen LogP contribution >= 0.6 is 0 Å². The minimum atomic E-state index is -0.930. The van der Waals surface area contributed by atoms with Gasteiger partial charge in [0, 0.05) is 26.2 Å². The van der Waals surface area contributed by atoms with Gasteiger partial charge in [0.1, 0.15) is 0 Å². The van der Waals surface area contributed by atoms with E-state index in [9.17, 15) is 9.59 Å². The highest BCUT2D eigenvalue weighted by Gasteiger charge is 2.31. The molecular formula is C11H20N2O4. The molecule has 0 saturated heterocycles. The molecule has 0 bridgehead atoms. The molecule has 17 heavy (non-hydrogen) atoms. The number of amides is 2. The maximum absolute atomic E-state index is 11.8. The lowest BCUT2D eigenvalue weighted by Crippen LogP contribution is -2.44. The number of rotatable bonds is 7. The Morgan fingerprint density at radius 2 is 2.18 bits per heavy atom. The van der Waals surface area contributed by atoms with Crippen LogP contribution in [-0.2, 0) is 9.53 Å². The number of hydrogen-bond donors (Lipinski definition) is 2. The lowest BCUT2D eigenvalue weighted by atomic mass is 10.2. The molecule has 1 rings (SSSR count). The number of carbonyl (C=O) groups excluding carboxylic acids is 1. The van der Waals surface area contributed by atoms with Crippen LogP contribution < -0.4 is 5.32 Å². The summed E-state index contributed by atoms with van der Waals surface area (Å²) in [6.07, 6.45) is 1.54. The summed E-state index contributed by atoms with van der Waals surface area (Å²) >= 11 is 0. The van der Waals surface area contributed by atoms with E-state index < -0.39 is 12.1 Å². The number of methoxy groups -OCH3 is 1. The standard InChI is InChI=1S/C11H20N2O4/c1-3-13(8-4-5-8)11(16)12-7-9(17-2)6-10(14)15/h8-9H,3-7H2,1-2H3,(H,12,16)(H,14,15). The van der Waals surface area contributed by atoms with E-state index >= 15 is 0 Å². The zero-order valence-corrected chi connectivity index (χ0v) is 10.3. The molecule has 0 heterocycles. The Morgan fingerprint density at radius 1 is 1.53 bits per heavy atom. The van der Waals surface area contributed by atoms with Crippen molar-refractivity contribution in [1.82, 2.24) is 10.2 Å². The van der Waals surface area contributed by atoms with Crippen LogP contribution in [0.15, 0.2) is 0 Å². The van der Waals surface area contributed by atoms with Crippen LogP contribution in [0.4, 0.5) is 4.79 Å². The molecule has 2 amide bonds. The van der Waals surface area contributed by atoms with Crippen LogP contribution in [0.3, 0.4) is 0 Å². The van der Waals surface area contributed by atoms with Gasteiger partial charge in [0.15, 0.2) is 0 Å². The molecule has 6 heteroatoms. The quantitative estimate of drug-likeness (QED) is 0.690. The number of aliphatic carboxylic acids is 1. The van der Waals surface area contributed by atoms with E-state index in [4.69, 9.17) is 9.84 Å². The predicted molar refractivity (Wildman–Crippen MR) is 61.9 cm³/mol. The fraction of sp³-hybridized carbons (Fsp3) is 0.818. The smallest absolute Gasteiger partial charge is 0.317 e. The van der Waals surface area contributed by atoms with E-state index in [0.717, 1.165) is 12.8 Å². The minimum Gasteiger partial charge on any atom is -0.481 e. The second-order valence-electron chi connectivity index (χ2n) is 4.16. The summed E-state index contributed by atoms with van der Waals surface area (Å²) in [5, 5.41) is 11.3. The van der Waals surface area contributed by atoms with Gasteiger partial charge in [0.2, 0.25) is 0 Å².